The Morgan fingerprint density at radius 1 is 0.932 bits per heavy atom. The van der Waals surface area contributed by atoms with Crippen LogP contribution in [-0.4, -0.2) is 65.6 Å². The van der Waals surface area contributed by atoms with E-state index in [1.54, 1.807) is 18.2 Å². The van der Waals surface area contributed by atoms with Gasteiger partial charge in [-0.1, -0.05) is 24.3 Å². The molecule has 2 fully saturated rings. The van der Waals surface area contributed by atoms with Gasteiger partial charge in [-0.25, -0.2) is 0 Å². The molecule has 3 aliphatic rings. The quantitative estimate of drug-likeness (QED) is 0.401. The lowest BCUT2D eigenvalue weighted by atomic mass is 10.0. The Morgan fingerprint density at radius 2 is 1.73 bits per heavy atom. The number of aryl methyl sites for hydroxylation is 2. The van der Waals surface area contributed by atoms with Gasteiger partial charge < -0.3 is 10.2 Å². The van der Waals surface area contributed by atoms with Gasteiger partial charge in [-0.3, -0.25) is 34.3 Å². The third kappa shape index (κ3) is 5.54. The maximum Gasteiger partial charge on any atom is 0.264 e. The minimum Gasteiger partial charge on any atom is -0.380 e. The number of nitriles is 1. The molecule has 0 saturated carbocycles. The van der Waals surface area contributed by atoms with Crippen LogP contribution >= 0.6 is 0 Å². The van der Waals surface area contributed by atoms with Crippen molar-refractivity contribution in [3.63, 3.8) is 0 Å². The summed E-state index contributed by atoms with van der Waals surface area (Å²) in [5, 5.41) is 14.7. The van der Waals surface area contributed by atoms with Crippen LogP contribution in [0.25, 0.3) is 0 Å². The zero-order valence-corrected chi connectivity index (χ0v) is 24.9. The van der Waals surface area contributed by atoms with Gasteiger partial charge in [0.1, 0.15) is 6.04 Å². The first-order chi connectivity index (χ1) is 21.2. The van der Waals surface area contributed by atoms with E-state index in [0.717, 1.165) is 48.8 Å². The summed E-state index contributed by atoms with van der Waals surface area (Å²) in [5.74, 6) is -2.06. The van der Waals surface area contributed by atoms with Gasteiger partial charge >= 0.3 is 0 Å². The lowest BCUT2D eigenvalue weighted by Crippen LogP contribution is -2.54. The molecule has 1 atom stereocenters. The second-order valence-corrected chi connectivity index (χ2v) is 11.7. The molecule has 0 bridgehead atoms. The molecule has 10 nitrogen and oxygen atoms in total. The van der Waals surface area contributed by atoms with E-state index in [4.69, 9.17) is 5.26 Å². The summed E-state index contributed by atoms with van der Waals surface area (Å²) in [6, 6.07) is 18.5. The molecular formula is C34H34N6O4. The van der Waals surface area contributed by atoms with E-state index < -0.39 is 29.7 Å². The van der Waals surface area contributed by atoms with Crippen LogP contribution in [0.15, 0.2) is 54.6 Å². The Hall–Kier alpha value is -5.01. The van der Waals surface area contributed by atoms with Crippen molar-refractivity contribution >= 4 is 35.0 Å². The van der Waals surface area contributed by atoms with Gasteiger partial charge in [0, 0.05) is 57.1 Å². The molecule has 2 N–H and O–H groups in total. The van der Waals surface area contributed by atoms with Gasteiger partial charge in [0.25, 0.3) is 11.8 Å². The van der Waals surface area contributed by atoms with Crippen LogP contribution in [0.1, 0.15) is 61.4 Å². The molecule has 10 heteroatoms. The highest BCUT2D eigenvalue weighted by atomic mass is 16.2. The number of piperidine rings is 1. The number of nitrogens with zero attached hydrogens (tertiary/aromatic N) is 4. The number of imide groups is 2. The van der Waals surface area contributed by atoms with E-state index in [-0.39, 0.29) is 24.0 Å². The second-order valence-electron chi connectivity index (χ2n) is 11.7. The lowest BCUT2D eigenvalue weighted by molar-refractivity contribution is -0.136. The monoisotopic (exact) mass is 590 g/mol. The SMILES string of the molecule is Cc1cc(CNc2cccc3c2C(=O)N(C2CCC(=O)NC2=O)C3=O)ccc1CN1CCN(c2ccc(C#N)cc2C)CC1. The largest absolute Gasteiger partial charge is 0.380 e. The first-order valence-electron chi connectivity index (χ1n) is 14.9. The predicted molar refractivity (Wildman–Crippen MR) is 165 cm³/mol. The van der Waals surface area contributed by atoms with Crippen molar-refractivity contribution < 1.29 is 19.2 Å². The summed E-state index contributed by atoms with van der Waals surface area (Å²) < 4.78 is 0. The summed E-state index contributed by atoms with van der Waals surface area (Å²) in [4.78, 5) is 56.3. The number of amides is 4. The van der Waals surface area contributed by atoms with Gasteiger partial charge in [0.15, 0.2) is 0 Å². The number of hydrogen-bond acceptors (Lipinski definition) is 8. The molecule has 0 aliphatic carbocycles. The lowest BCUT2D eigenvalue weighted by Gasteiger charge is -2.37. The highest BCUT2D eigenvalue weighted by Gasteiger charge is 2.45. The van der Waals surface area contributed by atoms with E-state index >= 15 is 0 Å². The van der Waals surface area contributed by atoms with Gasteiger partial charge in [-0.05, 0) is 72.9 Å². The molecule has 3 aliphatic heterocycles. The van der Waals surface area contributed by atoms with Crippen LogP contribution in [0.4, 0.5) is 11.4 Å². The van der Waals surface area contributed by atoms with Gasteiger partial charge in [0.2, 0.25) is 11.8 Å². The molecule has 0 radical (unpaired) electrons. The molecule has 2 saturated heterocycles. The standard InChI is InChI=1S/C34H34N6O4/c1-21-16-24(6-8-25(21)20-38-12-14-39(15-13-38)28-9-7-23(18-35)17-22(28)2)19-36-27-5-3-4-26-31(27)34(44)40(33(26)43)29-10-11-30(41)37-32(29)42/h3-9,16-17,29,36H,10-15,19-20H2,1-2H3,(H,37,41,42). The van der Waals surface area contributed by atoms with Crippen LogP contribution < -0.4 is 15.5 Å². The van der Waals surface area contributed by atoms with Crippen LogP contribution in [0.2, 0.25) is 0 Å². The van der Waals surface area contributed by atoms with E-state index in [2.05, 4.69) is 58.5 Å². The topological polar surface area (TPSA) is 126 Å². The highest BCUT2D eigenvalue weighted by Crippen LogP contribution is 2.33. The molecule has 0 aromatic heterocycles. The van der Waals surface area contributed by atoms with Crippen molar-refractivity contribution in [1.29, 1.82) is 5.26 Å². The Balaban J connectivity index is 1.07. The minimum atomic E-state index is -0.994. The molecule has 0 spiro atoms. The van der Waals surface area contributed by atoms with E-state index in [0.29, 0.717) is 17.8 Å². The Labute approximate surface area is 256 Å². The molecule has 224 valence electrons. The number of piperazine rings is 1. The Kier molecular flexibility index (Phi) is 7.89. The third-order valence-electron chi connectivity index (χ3n) is 8.79. The Morgan fingerprint density at radius 3 is 2.43 bits per heavy atom. The summed E-state index contributed by atoms with van der Waals surface area (Å²) in [5.41, 5.74) is 7.54. The normalized spacial score (nSPS) is 18.7. The number of carbonyl (C=O) groups excluding carboxylic acids is 4. The third-order valence-corrected chi connectivity index (χ3v) is 8.79. The van der Waals surface area contributed by atoms with Crippen LogP contribution in [0, 0.1) is 25.2 Å². The van der Waals surface area contributed by atoms with Gasteiger partial charge in [-0.15, -0.1) is 0 Å². The van der Waals surface area contributed by atoms with Crippen molar-refractivity contribution in [1.82, 2.24) is 15.1 Å². The fraction of sp³-hybridized carbons (Fsp3) is 0.324. The Bertz CT molecular complexity index is 1720. The summed E-state index contributed by atoms with van der Waals surface area (Å²) >= 11 is 0. The zero-order chi connectivity index (χ0) is 31.0. The predicted octanol–water partition coefficient (Wildman–Crippen LogP) is 3.51. The summed E-state index contributed by atoms with van der Waals surface area (Å²) in [6.45, 7) is 9.23. The molecule has 3 aromatic carbocycles. The summed E-state index contributed by atoms with van der Waals surface area (Å²) in [7, 11) is 0. The summed E-state index contributed by atoms with van der Waals surface area (Å²) in [6.07, 6.45) is 0.204. The molecule has 4 amide bonds. The fourth-order valence-electron chi connectivity index (χ4n) is 6.37. The van der Waals surface area contributed by atoms with Crippen molar-refractivity contribution in [2.75, 3.05) is 36.4 Å². The molecule has 6 rings (SSSR count). The van der Waals surface area contributed by atoms with E-state index in [1.807, 2.05) is 18.2 Å². The first-order valence-corrected chi connectivity index (χ1v) is 14.9. The number of hydrogen-bond donors (Lipinski definition) is 2. The number of benzene rings is 3. The highest BCUT2D eigenvalue weighted by molar-refractivity contribution is 6.25. The maximum absolute atomic E-state index is 13.4. The van der Waals surface area contributed by atoms with Crippen molar-refractivity contribution in [3.05, 3.63) is 93.5 Å². The average Bonchev–Trinajstić information content (AvgIpc) is 3.27. The molecular weight excluding hydrogens is 556 g/mol. The van der Waals surface area contributed by atoms with Gasteiger partial charge in [0.05, 0.1) is 22.8 Å². The van der Waals surface area contributed by atoms with E-state index in [1.165, 1.54) is 16.8 Å². The van der Waals surface area contributed by atoms with Crippen molar-refractivity contribution in [2.24, 2.45) is 0 Å². The molecule has 1 unspecified atom stereocenters. The first kappa shape index (κ1) is 29.1. The smallest absolute Gasteiger partial charge is 0.264 e. The van der Waals surface area contributed by atoms with Crippen LogP contribution in [-0.2, 0) is 22.7 Å². The number of carbonyl (C=O) groups is 4. The molecule has 44 heavy (non-hydrogen) atoms. The van der Waals surface area contributed by atoms with Crippen molar-refractivity contribution in [2.45, 2.75) is 45.8 Å². The number of anilines is 2. The number of nitrogens with one attached hydrogen (secondary N) is 2. The fourth-order valence-corrected chi connectivity index (χ4v) is 6.37. The van der Waals surface area contributed by atoms with Gasteiger partial charge in [-0.2, -0.15) is 5.26 Å². The molecule has 3 heterocycles. The van der Waals surface area contributed by atoms with Crippen LogP contribution in [0.3, 0.4) is 0 Å². The van der Waals surface area contributed by atoms with Crippen LogP contribution in [0.5, 0.6) is 0 Å². The maximum atomic E-state index is 13.4. The average molecular weight is 591 g/mol. The zero-order valence-electron chi connectivity index (χ0n) is 24.9. The van der Waals surface area contributed by atoms with Crippen molar-refractivity contribution in [3.8, 4) is 6.07 Å². The number of fused-ring (bicyclic) bond motifs is 1. The molecule has 3 aromatic rings. The number of rotatable bonds is 7. The second kappa shape index (κ2) is 11.9. The minimum absolute atomic E-state index is 0.0821. The van der Waals surface area contributed by atoms with E-state index in [9.17, 15) is 19.2 Å².